The normalized spacial score (nSPS) is 34.6. The van der Waals surface area contributed by atoms with Gasteiger partial charge in [0.05, 0.1) is 12.2 Å². The summed E-state index contributed by atoms with van der Waals surface area (Å²) in [6, 6.07) is 0. The van der Waals surface area contributed by atoms with Gasteiger partial charge in [-0.05, 0) is 38.6 Å². The standard InChI is InChI=1S/C15H31N3O/c1-14-3-5-15(13-16,6-4-14)19-12-11-18-9-7-17(2)8-10-18/h14H,3-13,16H2,1-2H3. The average molecular weight is 269 g/mol. The van der Waals surface area contributed by atoms with Crippen LogP contribution in [0.5, 0.6) is 0 Å². The Morgan fingerprint density at radius 2 is 1.79 bits per heavy atom. The van der Waals surface area contributed by atoms with Crippen LogP contribution in [0.2, 0.25) is 0 Å². The van der Waals surface area contributed by atoms with E-state index in [2.05, 4.69) is 23.8 Å². The predicted octanol–water partition coefficient (Wildman–Crippen LogP) is 1.16. The number of likely N-dealkylation sites (N-methyl/N-ethyl adjacent to an activating group) is 1. The molecule has 1 saturated heterocycles. The minimum atomic E-state index is -0.0148. The number of hydrogen-bond donors (Lipinski definition) is 1. The first-order chi connectivity index (χ1) is 9.13. The van der Waals surface area contributed by atoms with E-state index < -0.39 is 0 Å². The summed E-state index contributed by atoms with van der Waals surface area (Å²) in [5, 5.41) is 0. The average Bonchev–Trinajstić information content (AvgIpc) is 2.44. The van der Waals surface area contributed by atoms with Gasteiger partial charge in [-0.2, -0.15) is 0 Å². The summed E-state index contributed by atoms with van der Waals surface area (Å²) in [7, 11) is 2.19. The maximum atomic E-state index is 6.22. The highest BCUT2D eigenvalue weighted by molar-refractivity contribution is 4.87. The SMILES string of the molecule is CC1CCC(CN)(OCCN2CCN(C)CC2)CC1. The molecule has 19 heavy (non-hydrogen) atoms. The van der Waals surface area contributed by atoms with Crippen molar-refractivity contribution in [3.63, 3.8) is 0 Å². The maximum absolute atomic E-state index is 6.22. The highest BCUT2D eigenvalue weighted by Gasteiger charge is 2.33. The van der Waals surface area contributed by atoms with E-state index in [9.17, 15) is 0 Å². The number of nitrogens with zero attached hydrogens (tertiary/aromatic N) is 2. The Kier molecular flexibility index (Phi) is 5.63. The smallest absolute Gasteiger partial charge is 0.0805 e. The van der Waals surface area contributed by atoms with Crippen molar-refractivity contribution < 1.29 is 4.74 Å². The van der Waals surface area contributed by atoms with Crippen LogP contribution in [-0.4, -0.2) is 68.3 Å². The summed E-state index contributed by atoms with van der Waals surface area (Å²) < 4.78 is 6.22. The topological polar surface area (TPSA) is 41.7 Å². The zero-order valence-electron chi connectivity index (χ0n) is 12.7. The fourth-order valence-electron chi connectivity index (χ4n) is 3.16. The lowest BCUT2D eigenvalue weighted by molar-refractivity contribution is -0.0769. The van der Waals surface area contributed by atoms with Crippen LogP contribution >= 0.6 is 0 Å². The van der Waals surface area contributed by atoms with E-state index in [4.69, 9.17) is 10.5 Å². The Balaban J connectivity index is 1.68. The molecule has 0 spiro atoms. The molecule has 2 rings (SSSR count). The van der Waals surface area contributed by atoms with Gasteiger partial charge in [0.25, 0.3) is 0 Å². The lowest BCUT2D eigenvalue weighted by Crippen LogP contribution is -2.48. The molecule has 0 atom stereocenters. The van der Waals surface area contributed by atoms with Crippen molar-refractivity contribution in [1.82, 2.24) is 9.80 Å². The third-order valence-corrected chi connectivity index (χ3v) is 4.97. The van der Waals surface area contributed by atoms with E-state index in [0.29, 0.717) is 6.54 Å². The first-order valence-electron chi connectivity index (χ1n) is 7.88. The van der Waals surface area contributed by atoms with E-state index in [-0.39, 0.29) is 5.60 Å². The predicted molar refractivity (Wildman–Crippen MR) is 79.3 cm³/mol. The van der Waals surface area contributed by atoms with E-state index in [1.165, 1.54) is 39.0 Å². The van der Waals surface area contributed by atoms with Crippen molar-refractivity contribution in [3.8, 4) is 0 Å². The molecule has 0 bridgehead atoms. The number of piperazine rings is 1. The Morgan fingerprint density at radius 1 is 1.16 bits per heavy atom. The molecule has 1 aliphatic heterocycles. The van der Waals surface area contributed by atoms with Crippen molar-refractivity contribution in [2.75, 3.05) is 52.9 Å². The van der Waals surface area contributed by atoms with E-state index in [1.54, 1.807) is 0 Å². The zero-order chi connectivity index (χ0) is 13.7. The minimum Gasteiger partial charge on any atom is -0.372 e. The van der Waals surface area contributed by atoms with Crippen molar-refractivity contribution >= 4 is 0 Å². The van der Waals surface area contributed by atoms with Crippen LogP contribution in [0.15, 0.2) is 0 Å². The van der Waals surface area contributed by atoms with E-state index in [1.807, 2.05) is 0 Å². The quantitative estimate of drug-likeness (QED) is 0.813. The fraction of sp³-hybridized carbons (Fsp3) is 1.00. The van der Waals surface area contributed by atoms with Gasteiger partial charge in [0.15, 0.2) is 0 Å². The number of rotatable bonds is 5. The number of ether oxygens (including phenoxy) is 1. The molecular formula is C15H31N3O. The summed E-state index contributed by atoms with van der Waals surface area (Å²) >= 11 is 0. The maximum Gasteiger partial charge on any atom is 0.0805 e. The first-order valence-corrected chi connectivity index (χ1v) is 7.88. The monoisotopic (exact) mass is 269 g/mol. The minimum absolute atomic E-state index is 0.0148. The lowest BCUT2D eigenvalue weighted by Gasteiger charge is -2.39. The third kappa shape index (κ3) is 4.42. The Hall–Kier alpha value is -0.160. The van der Waals surface area contributed by atoms with Crippen molar-refractivity contribution in [3.05, 3.63) is 0 Å². The molecule has 2 N–H and O–H groups in total. The Morgan fingerprint density at radius 3 is 2.37 bits per heavy atom. The Labute approximate surface area is 118 Å². The van der Waals surface area contributed by atoms with Crippen LogP contribution in [0.1, 0.15) is 32.6 Å². The van der Waals surface area contributed by atoms with Gasteiger partial charge in [-0.15, -0.1) is 0 Å². The number of hydrogen-bond acceptors (Lipinski definition) is 4. The lowest BCUT2D eigenvalue weighted by atomic mass is 9.79. The van der Waals surface area contributed by atoms with Crippen LogP contribution in [0.3, 0.4) is 0 Å². The summed E-state index contributed by atoms with van der Waals surface area (Å²) in [5.74, 6) is 0.848. The van der Waals surface area contributed by atoms with Crippen LogP contribution in [-0.2, 0) is 4.74 Å². The molecule has 2 aliphatic rings. The summed E-state index contributed by atoms with van der Waals surface area (Å²) in [6.45, 7) is 9.63. The molecule has 1 saturated carbocycles. The van der Waals surface area contributed by atoms with Gasteiger partial charge in [0.2, 0.25) is 0 Å². The molecule has 2 fully saturated rings. The van der Waals surface area contributed by atoms with Gasteiger partial charge < -0.3 is 15.4 Å². The number of nitrogens with two attached hydrogens (primary N) is 1. The first kappa shape index (κ1) is 15.2. The molecule has 0 radical (unpaired) electrons. The summed E-state index contributed by atoms with van der Waals surface area (Å²) in [6.07, 6.45) is 4.83. The molecule has 1 aliphatic carbocycles. The Bertz CT molecular complexity index is 256. The highest BCUT2D eigenvalue weighted by atomic mass is 16.5. The zero-order valence-corrected chi connectivity index (χ0v) is 12.7. The van der Waals surface area contributed by atoms with Crippen molar-refractivity contribution in [2.45, 2.75) is 38.2 Å². The van der Waals surface area contributed by atoms with Gasteiger partial charge in [-0.1, -0.05) is 6.92 Å². The van der Waals surface area contributed by atoms with Crippen molar-refractivity contribution in [2.24, 2.45) is 11.7 Å². The van der Waals surface area contributed by atoms with Gasteiger partial charge in [0.1, 0.15) is 0 Å². The fourth-order valence-corrected chi connectivity index (χ4v) is 3.16. The van der Waals surface area contributed by atoms with Gasteiger partial charge in [-0.25, -0.2) is 0 Å². The van der Waals surface area contributed by atoms with Crippen LogP contribution in [0.4, 0.5) is 0 Å². The van der Waals surface area contributed by atoms with Gasteiger partial charge >= 0.3 is 0 Å². The van der Waals surface area contributed by atoms with Gasteiger partial charge in [0, 0.05) is 39.3 Å². The van der Waals surface area contributed by atoms with Crippen LogP contribution in [0.25, 0.3) is 0 Å². The molecule has 0 aromatic rings. The second-order valence-corrected chi connectivity index (χ2v) is 6.56. The summed E-state index contributed by atoms with van der Waals surface area (Å²) in [5.41, 5.74) is 5.96. The van der Waals surface area contributed by atoms with E-state index in [0.717, 1.165) is 31.9 Å². The molecule has 1 heterocycles. The highest BCUT2D eigenvalue weighted by Crippen LogP contribution is 2.33. The second kappa shape index (κ2) is 7.02. The van der Waals surface area contributed by atoms with Gasteiger partial charge in [-0.3, -0.25) is 4.90 Å². The largest absolute Gasteiger partial charge is 0.372 e. The molecule has 0 aromatic carbocycles. The van der Waals surface area contributed by atoms with E-state index >= 15 is 0 Å². The molecule has 0 aromatic heterocycles. The molecule has 4 nitrogen and oxygen atoms in total. The van der Waals surface area contributed by atoms with Crippen LogP contribution < -0.4 is 5.73 Å². The third-order valence-electron chi connectivity index (χ3n) is 4.97. The van der Waals surface area contributed by atoms with Crippen LogP contribution in [0, 0.1) is 5.92 Å². The molecule has 112 valence electrons. The summed E-state index contributed by atoms with van der Waals surface area (Å²) in [4.78, 5) is 4.90. The van der Waals surface area contributed by atoms with Crippen molar-refractivity contribution in [1.29, 1.82) is 0 Å². The molecule has 0 unspecified atom stereocenters. The second-order valence-electron chi connectivity index (χ2n) is 6.56. The molecule has 4 heteroatoms. The molecular weight excluding hydrogens is 238 g/mol. The molecule has 0 amide bonds.